The maximum Gasteiger partial charge on any atom is 0.272 e. The molecule has 9 heteroatoms. The largest absolute Gasteiger partial charge is 0.381 e. The number of carbonyl (C=O) groups is 1. The van der Waals surface area contributed by atoms with Crippen molar-refractivity contribution in [2.24, 2.45) is 5.92 Å². The molecule has 34 heavy (non-hydrogen) atoms. The Labute approximate surface area is 200 Å². The van der Waals surface area contributed by atoms with Crippen LogP contribution < -0.4 is 10.6 Å². The lowest BCUT2D eigenvalue weighted by Crippen LogP contribution is -2.43. The van der Waals surface area contributed by atoms with E-state index in [1.807, 2.05) is 13.1 Å². The monoisotopic (exact) mass is 465 g/mol. The van der Waals surface area contributed by atoms with E-state index in [1.54, 1.807) is 10.8 Å². The number of rotatable bonds is 7. The van der Waals surface area contributed by atoms with Gasteiger partial charge in [-0.25, -0.2) is 9.50 Å². The average Bonchev–Trinajstić information content (AvgIpc) is 3.58. The van der Waals surface area contributed by atoms with Crippen LogP contribution in [0.25, 0.3) is 16.9 Å². The minimum Gasteiger partial charge on any atom is -0.381 e. The molecule has 2 aliphatic rings. The summed E-state index contributed by atoms with van der Waals surface area (Å²) in [5.74, 6) is 0.694. The number of pyridine rings is 1. The first-order chi connectivity index (χ1) is 16.5. The van der Waals surface area contributed by atoms with Crippen molar-refractivity contribution < 1.29 is 9.53 Å². The summed E-state index contributed by atoms with van der Waals surface area (Å²) < 4.78 is 7.24. The molecule has 1 amide bonds. The number of fused-ring (bicyclic) bond motifs is 1. The number of hydrogen-bond acceptors (Lipinski definition) is 6. The number of aromatic nitrogens is 5. The Morgan fingerprint density at radius 1 is 1.24 bits per heavy atom. The fourth-order valence-corrected chi connectivity index (χ4v) is 5.31. The summed E-state index contributed by atoms with van der Waals surface area (Å²) in [6.07, 6.45) is 8.78. The van der Waals surface area contributed by atoms with Gasteiger partial charge < -0.3 is 15.4 Å². The highest BCUT2D eigenvalue weighted by Crippen LogP contribution is 2.31. The highest BCUT2D eigenvalue weighted by atomic mass is 16.5. The van der Waals surface area contributed by atoms with Crippen LogP contribution in [0.1, 0.15) is 73.5 Å². The highest BCUT2D eigenvalue weighted by Gasteiger charge is 2.28. The predicted molar refractivity (Wildman–Crippen MR) is 130 cm³/mol. The first-order valence-electron chi connectivity index (χ1n) is 12.5. The number of ether oxygens (including phenoxy) is 1. The van der Waals surface area contributed by atoms with Crippen LogP contribution in [0, 0.1) is 12.8 Å². The van der Waals surface area contributed by atoms with Crippen LogP contribution in [0.3, 0.4) is 0 Å². The number of hydrogen-bond donors (Lipinski definition) is 3. The predicted octanol–water partition coefficient (Wildman–Crippen LogP) is 3.22. The normalized spacial score (nSPS) is 23.1. The lowest BCUT2D eigenvalue weighted by molar-refractivity contribution is 0.0917. The molecule has 0 aromatic carbocycles. The maximum absolute atomic E-state index is 13.3. The summed E-state index contributed by atoms with van der Waals surface area (Å²) in [4.78, 5) is 17.5. The van der Waals surface area contributed by atoms with E-state index in [1.165, 1.54) is 0 Å². The van der Waals surface area contributed by atoms with E-state index in [4.69, 9.17) is 4.74 Å². The quantitative estimate of drug-likeness (QED) is 0.494. The van der Waals surface area contributed by atoms with Gasteiger partial charge in [0.1, 0.15) is 6.33 Å². The zero-order valence-electron chi connectivity index (χ0n) is 20.3. The average molecular weight is 466 g/mol. The molecule has 3 N–H and O–H groups in total. The fraction of sp³-hybridized carbons (Fsp3) is 0.600. The summed E-state index contributed by atoms with van der Waals surface area (Å²) in [5.41, 5.74) is 5.09. The Bertz CT molecular complexity index is 1140. The van der Waals surface area contributed by atoms with Crippen molar-refractivity contribution in [3.05, 3.63) is 35.4 Å². The third kappa shape index (κ3) is 4.72. The van der Waals surface area contributed by atoms with Crippen LogP contribution in [-0.2, 0) is 4.74 Å². The van der Waals surface area contributed by atoms with Crippen LogP contribution in [0.5, 0.6) is 0 Å². The molecular weight excluding hydrogens is 430 g/mol. The SMILES string of the molecule is Cc1cc(-c2[nH]nc(C(=O)N[C@H]3CC[C@H](NCC4CCOC4)CC3)c2C(C)C)cn2ncnc12. The lowest BCUT2D eigenvalue weighted by atomic mass is 9.90. The molecule has 1 saturated heterocycles. The van der Waals surface area contributed by atoms with Gasteiger partial charge in [-0.15, -0.1) is 0 Å². The molecule has 1 unspecified atom stereocenters. The Balaban J connectivity index is 1.25. The molecule has 0 bridgehead atoms. The second kappa shape index (κ2) is 9.84. The van der Waals surface area contributed by atoms with Crippen LogP contribution in [0.4, 0.5) is 0 Å². The summed E-state index contributed by atoms with van der Waals surface area (Å²) in [6.45, 7) is 9.02. The fourth-order valence-electron chi connectivity index (χ4n) is 5.31. The van der Waals surface area contributed by atoms with E-state index in [0.29, 0.717) is 17.7 Å². The zero-order chi connectivity index (χ0) is 23.7. The van der Waals surface area contributed by atoms with Crippen LogP contribution in [0.15, 0.2) is 18.6 Å². The van der Waals surface area contributed by atoms with Crippen molar-refractivity contribution in [1.29, 1.82) is 0 Å². The number of nitrogens with one attached hydrogen (secondary N) is 3. The molecule has 9 nitrogen and oxygen atoms in total. The van der Waals surface area contributed by atoms with Crippen LogP contribution >= 0.6 is 0 Å². The van der Waals surface area contributed by atoms with Crippen molar-refractivity contribution in [2.75, 3.05) is 19.8 Å². The Hall–Kier alpha value is -2.78. The Kier molecular flexibility index (Phi) is 6.65. The van der Waals surface area contributed by atoms with Gasteiger partial charge in [0.25, 0.3) is 5.91 Å². The smallest absolute Gasteiger partial charge is 0.272 e. The van der Waals surface area contributed by atoms with Crippen molar-refractivity contribution in [3.8, 4) is 11.3 Å². The van der Waals surface area contributed by atoms with Gasteiger partial charge in [-0.2, -0.15) is 10.2 Å². The molecule has 0 radical (unpaired) electrons. The molecular formula is C25H35N7O2. The van der Waals surface area contributed by atoms with Gasteiger partial charge in [-0.3, -0.25) is 9.89 Å². The molecule has 1 saturated carbocycles. The van der Waals surface area contributed by atoms with Crippen molar-refractivity contribution in [1.82, 2.24) is 35.4 Å². The van der Waals surface area contributed by atoms with Gasteiger partial charge >= 0.3 is 0 Å². The molecule has 5 rings (SSSR count). The number of aromatic amines is 1. The van der Waals surface area contributed by atoms with Gasteiger partial charge in [0, 0.05) is 42.6 Å². The van der Waals surface area contributed by atoms with Gasteiger partial charge in [0.2, 0.25) is 0 Å². The summed E-state index contributed by atoms with van der Waals surface area (Å²) in [6, 6.07) is 2.79. The van der Waals surface area contributed by atoms with E-state index in [2.05, 4.69) is 50.8 Å². The van der Waals surface area contributed by atoms with Gasteiger partial charge in [-0.1, -0.05) is 13.8 Å². The second-order valence-electron chi connectivity index (χ2n) is 10.1. The van der Waals surface area contributed by atoms with E-state index in [-0.39, 0.29) is 17.9 Å². The second-order valence-corrected chi connectivity index (χ2v) is 10.1. The van der Waals surface area contributed by atoms with Crippen molar-refractivity contribution >= 4 is 11.6 Å². The van der Waals surface area contributed by atoms with Crippen molar-refractivity contribution in [3.63, 3.8) is 0 Å². The summed E-state index contributed by atoms with van der Waals surface area (Å²) >= 11 is 0. The topological polar surface area (TPSA) is 109 Å². The number of H-pyrrole nitrogens is 1. The van der Waals surface area contributed by atoms with Crippen LogP contribution in [-0.4, -0.2) is 62.5 Å². The molecule has 1 aliphatic carbocycles. The standard InChI is InChI=1S/C25H35N7O2/c1-15(2)21-22(18-10-16(3)24-27-14-28-32(24)12-18)30-31-23(21)25(33)29-20-6-4-19(5-7-20)26-11-17-8-9-34-13-17/h10,12,14-15,17,19-20,26H,4-9,11,13H2,1-3H3,(H,29,33)(H,30,31)/t17?,19-,20-. The molecule has 4 heterocycles. The molecule has 1 atom stereocenters. The minimum atomic E-state index is -0.0933. The lowest BCUT2D eigenvalue weighted by Gasteiger charge is -2.30. The van der Waals surface area contributed by atoms with E-state index >= 15 is 0 Å². The van der Waals surface area contributed by atoms with Crippen LogP contribution in [0.2, 0.25) is 0 Å². The Morgan fingerprint density at radius 3 is 2.76 bits per heavy atom. The number of aryl methyl sites for hydroxylation is 1. The van der Waals surface area contributed by atoms with E-state index < -0.39 is 0 Å². The first kappa shape index (κ1) is 23.0. The zero-order valence-corrected chi connectivity index (χ0v) is 20.3. The van der Waals surface area contributed by atoms with Gasteiger partial charge in [0.15, 0.2) is 11.3 Å². The van der Waals surface area contributed by atoms with Gasteiger partial charge in [-0.05, 0) is 62.5 Å². The molecule has 182 valence electrons. The number of carbonyl (C=O) groups excluding carboxylic acids is 1. The molecule has 3 aromatic heterocycles. The van der Waals surface area contributed by atoms with E-state index in [9.17, 15) is 4.79 Å². The molecule has 0 spiro atoms. The minimum absolute atomic E-state index is 0.0933. The molecule has 3 aromatic rings. The summed E-state index contributed by atoms with van der Waals surface area (Å²) in [5, 5.41) is 18.8. The third-order valence-electron chi connectivity index (χ3n) is 7.23. The van der Waals surface area contributed by atoms with Crippen molar-refractivity contribution in [2.45, 2.75) is 70.9 Å². The maximum atomic E-state index is 13.3. The highest BCUT2D eigenvalue weighted by molar-refractivity contribution is 5.96. The molecule has 1 aliphatic heterocycles. The molecule has 2 fully saturated rings. The van der Waals surface area contributed by atoms with Gasteiger partial charge in [0.05, 0.1) is 12.3 Å². The Morgan fingerprint density at radius 2 is 2.03 bits per heavy atom. The van der Waals surface area contributed by atoms with E-state index in [0.717, 1.165) is 79.9 Å². The summed E-state index contributed by atoms with van der Waals surface area (Å²) in [7, 11) is 0. The first-order valence-corrected chi connectivity index (χ1v) is 12.5. The number of nitrogens with zero attached hydrogens (tertiary/aromatic N) is 4. The third-order valence-corrected chi connectivity index (χ3v) is 7.23. The number of amides is 1.